The van der Waals surface area contributed by atoms with E-state index in [0.717, 1.165) is 16.8 Å². The van der Waals surface area contributed by atoms with Crippen molar-refractivity contribution < 1.29 is 8.42 Å². The second-order valence-corrected chi connectivity index (χ2v) is 10.6. The molecule has 0 fully saturated rings. The number of benzene rings is 4. The van der Waals surface area contributed by atoms with Crippen LogP contribution in [0, 0.1) is 6.92 Å². The van der Waals surface area contributed by atoms with E-state index in [-0.39, 0.29) is 5.25 Å². The van der Waals surface area contributed by atoms with Gasteiger partial charge < -0.3 is 0 Å². The Labute approximate surface area is 181 Å². The molecule has 0 radical (unpaired) electrons. The van der Waals surface area contributed by atoms with Crippen molar-refractivity contribution in [3.63, 3.8) is 0 Å². The van der Waals surface area contributed by atoms with Crippen LogP contribution >= 0.6 is 11.8 Å². The highest BCUT2D eigenvalue weighted by Gasteiger charge is 2.37. The number of hydrogen-bond donors (Lipinski definition) is 0. The summed E-state index contributed by atoms with van der Waals surface area (Å²) in [6.45, 7) is 2.38. The molecule has 150 valence electrons. The standard InChI is InChI=1S/C25H21NO2S2/c1-18-13-15-20(16-14-18)30(27,28)26-17-25(22-10-4-5-11-23(22)26)29-24-12-6-8-19-7-2-3-9-21(19)24/h2-16,25H,17H2,1H3. The molecule has 0 spiro atoms. The molecule has 0 saturated carbocycles. The van der Waals surface area contributed by atoms with Crippen molar-refractivity contribution in [2.24, 2.45) is 0 Å². The maximum Gasteiger partial charge on any atom is 0.264 e. The van der Waals surface area contributed by atoms with Crippen LogP contribution in [-0.4, -0.2) is 15.0 Å². The van der Waals surface area contributed by atoms with Gasteiger partial charge in [0.05, 0.1) is 22.4 Å². The summed E-state index contributed by atoms with van der Waals surface area (Å²) >= 11 is 1.73. The lowest BCUT2D eigenvalue weighted by atomic mass is 10.1. The lowest BCUT2D eigenvalue weighted by molar-refractivity contribution is 0.592. The van der Waals surface area contributed by atoms with E-state index in [0.29, 0.717) is 11.4 Å². The van der Waals surface area contributed by atoms with Crippen molar-refractivity contribution in [3.8, 4) is 0 Å². The summed E-state index contributed by atoms with van der Waals surface area (Å²) in [6, 6.07) is 29.5. The quantitative estimate of drug-likeness (QED) is 0.387. The first kappa shape index (κ1) is 19.2. The molecule has 1 heterocycles. The summed E-state index contributed by atoms with van der Waals surface area (Å²) in [4.78, 5) is 1.50. The predicted octanol–water partition coefficient (Wildman–Crippen LogP) is 6.19. The molecule has 3 nitrogen and oxygen atoms in total. The number of anilines is 1. The van der Waals surface area contributed by atoms with Gasteiger partial charge in [0.1, 0.15) is 0 Å². The first-order chi connectivity index (χ1) is 14.5. The smallest absolute Gasteiger partial charge is 0.264 e. The van der Waals surface area contributed by atoms with Crippen LogP contribution in [0.4, 0.5) is 5.69 Å². The largest absolute Gasteiger partial charge is 0.265 e. The number of hydrogen-bond acceptors (Lipinski definition) is 3. The molecule has 5 heteroatoms. The number of aryl methyl sites for hydroxylation is 1. The fraction of sp³-hybridized carbons (Fsp3) is 0.120. The van der Waals surface area contributed by atoms with Gasteiger partial charge in [0.15, 0.2) is 0 Å². The first-order valence-corrected chi connectivity index (χ1v) is 12.2. The Kier molecular flexibility index (Phi) is 4.80. The number of nitrogens with zero attached hydrogens (tertiary/aromatic N) is 1. The zero-order valence-electron chi connectivity index (χ0n) is 16.5. The van der Waals surface area contributed by atoms with Crippen LogP contribution in [0.5, 0.6) is 0 Å². The van der Waals surface area contributed by atoms with E-state index in [1.165, 1.54) is 15.7 Å². The number of para-hydroxylation sites is 1. The molecule has 1 unspecified atom stereocenters. The third-order valence-corrected chi connectivity index (χ3v) is 8.60. The fourth-order valence-corrected chi connectivity index (χ4v) is 6.88. The average molecular weight is 432 g/mol. The zero-order valence-corrected chi connectivity index (χ0v) is 18.2. The number of sulfonamides is 1. The minimum absolute atomic E-state index is 0.0345. The SMILES string of the molecule is Cc1ccc(S(=O)(=O)N2CC(Sc3cccc4ccccc34)c3ccccc32)cc1. The topological polar surface area (TPSA) is 37.4 Å². The maximum atomic E-state index is 13.4. The van der Waals surface area contributed by atoms with Crippen LogP contribution in [0.1, 0.15) is 16.4 Å². The average Bonchev–Trinajstić information content (AvgIpc) is 3.14. The summed E-state index contributed by atoms with van der Waals surface area (Å²) < 4.78 is 28.4. The molecule has 0 N–H and O–H groups in total. The lowest BCUT2D eigenvalue weighted by Crippen LogP contribution is -2.29. The third kappa shape index (κ3) is 3.28. The Bertz CT molecular complexity index is 1330. The fourth-order valence-electron chi connectivity index (χ4n) is 3.95. The van der Waals surface area contributed by atoms with Crippen molar-refractivity contribution in [2.75, 3.05) is 10.8 Å². The normalized spacial score (nSPS) is 16.0. The Morgan fingerprint density at radius 2 is 1.53 bits per heavy atom. The highest BCUT2D eigenvalue weighted by Crippen LogP contribution is 2.48. The molecule has 1 aliphatic rings. The Balaban J connectivity index is 1.54. The van der Waals surface area contributed by atoms with E-state index in [9.17, 15) is 8.42 Å². The van der Waals surface area contributed by atoms with Gasteiger partial charge in [-0.3, -0.25) is 4.31 Å². The second-order valence-electron chi connectivity index (χ2n) is 7.49. The van der Waals surface area contributed by atoms with Crippen molar-refractivity contribution in [2.45, 2.75) is 22.0 Å². The Hall–Kier alpha value is -2.76. The van der Waals surface area contributed by atoms with Crippen molar-refractivity contribution in [1.82, 2.24) is 0 Å². The molecule has 1 aliphatic heterocycles. The van der Waals surface area contributed by atoms with E-state index < -0.39 is 10.0 Å². The van der Waals surface area contributed by atoms with Crippen LogP contribution in [0.3, 0.4) is 0 Å². The Morgan fingerprint density at radius 1 is 0.833 bits per heavy atom. The van der Waals surface area contributed by atoms with Crippen LogP contribution in [0.15, 0.2) is 101 Å². The van der Waals surface area contributed by atoms with Gasteiger partial charge in [0.25, 0.3) is 10.0 Å². The van der Waals surface area contributed by atoms with Crippen LogP contribution in [0.2, 0.25) is 0 Å². The zero-order chi connectivity index (χ0) is 20.7. The maximum absolute atomic E-state index is 13.4. The Morgan fingerprint density at radius 3 is 2.37 bits per heavy atom. The summed E-state index contributed by atoms with van der Waals surface area (Å²) in [5.74, 6) is 0. The van der Waals surface area contributed by atoms with E-state index in [2.05, 4.69) is 30.3 Å². The molecule has 0 aliphatic carbocycles. The van der Waals surface area contributed by atoms with Crippen molar-refractivity contribution in [3.05, 3.63) is 102 Å². The molecule has 0 aromatic heterocycles. The van der Waals surface area contributed by atoms with Gasteiger partial charge in [-0.25, -0.2) is 8.42 Å². The summed E-state index contributed by atoms with van der Waals surface area (Å²) in [6.07, 6.45) is 0. The number of rotatable bonds is 4. The summed E-state index contributed by atoms with van der Waals surface area (Å²) in [7, 11) is -3.62. The first-order valence-electron chi connectivity index (χ1n) is 9.87. The monoisotopic (exact) mass is 431 g/mol. The molecule has 1 atom stereocenters. The third-order valence-electron chi connectivity index (χ3n) is 5.51. The van der Waals surface area contributed by atoms with Crippen molar-refractivity contribution in [1.29, 1.82) is 0 Å². The van der Waals surface area contributed by atoms with Crippen LogP contribution in [-0.2, 0) is 10.0 Å². The molecular formula is C25H21NO2S2. The van der Waals surface area contributed by atoms with Crippen LogP contribution < -0.4 is 4.31 Å². The molecule has 5 rings (SSSR count). The van der Waals surface area contributed by atoms with Gasteiger partial charge in [-0.2, -0.15) is 0 Å². The molecule has 4 aromatic rings. The van der Waals surface area contributed by atoms with Crippen LogP contribution in [0.25, 0.3) is 10.8 Å². The molecule has 4 aromatic carbocycles. The minimum atomic E-state index is -3.62. The molecule has 0 bridgehead atoms. The molecule has 0 saturated heterocycles. The summed E-state index contributed by atoms with van der Waals surface area (Å²) in [5, 5.41) is 2.42. The number of thioether (sulfide) groups is 1. The van der Waals surface area contributed by atoms with E-state index >= 15 is 0 Å². The minimum Gasteiger partial charge on any atom is -0.265 e. The van der Waals surface area contributed by atoms with E-state index in [1.54, 1.807) is 28.2 Å². The molecular weight excluding hydrogens is 410 g/mol. The highest BCUT2D eigenvalue weighted by molar-refractivity contribution is 8.00. The molecule has 0 amide bonds. The van der Waals surface area contributed by atoms with E-state index in [1.807, 2.05) is 55.5 Å². The lowest BCUT2D eigenvalue weighted by Gasteiger charge is -2.20. The number of fused-ring (bicyclic) bond motifs is 2. The predicted molar refractivity (Wildman–Crippen MR) is 125 cm³/mol. The van der Waals surface area contributed by atoms with Crippen molar-refractivity contribution >= 4 is 38.2 Å². The van der Waals surface area contributed by atoms with Gasteiger partial charge in [-0.05, 0) is 47.5 Å². The van der Waals surface area contributed by atoms with Gasteiger partial charge >= 0.3 is 0 Å². The summed E-state index contributed by atoms with van der Waals surface area (Å²) in [5.41, 5.74) is 2.88. The van der Waals surface area contributed by atoms with Gasteiger partial charge in [0.2, 0.25) is 0 Å². The highest BCUT2D eigenvalue weighted by atomic mass is 32.2. The molecule has 30 heavy (non-hydrogen) atoms. The van der Waals surface area contributed by atoms with Gasteiger partial charge in [-0.1, -0.05) is 72.3 Å². The second kappa shape index (κ2) is 7.49. The van der Waals surface area contributed by atoms with E-state index in [4.69, 9.17) is 0 Å². The van der Waals surface area contributed by atoms with Gasteiger partial charge in [-0.15, -0.1) is 11.8 Å². The van der Waals surface area contributed by atoms with Gasteiger partial charge in [0, 0.05) is 4.90 Å².